The molecular weight excluding hydrogens is 610 g/mol. The second kappa shape index (κ2) is 17.1. The van der Waals surface area contributed by atoms with E-state index in [0.29, 0.717) is 32.4 Å². The Morgan fingerprint density at radius 2 is 0.936 bits per heavy atom. The molecule has 0 bridgehead atoms. The molecule has 1 saturated heterocycles. The lowest BCUT2D eigenvalue weighted by molar-refractivity contribution is -0.166. The molecule has 0 spiro atoms. The van der Waals surface area contributed by atoms with Gasteiger partial charge in [-0.05, 0) is 95.9 Å². The van der Waals surface area contributed by atoms with E-state index < -0.39 is 57.8 Å². The van der Waals surface area contributed by atoms with Gasteiger partial charge in [0.15, 0.2) is 0 Å². The fraction of sp³-hybridized carbons (Fsp3) is 0.853. The van der Waals surface area contributed by atoms with Gasteiger partial charge in [0.1, 0.15) is 22.4 Å². The molecule has 0 aliphatic carbocycles. The van der Waals surface area contributed by atoms with Gasteiger partial charge in [-0.25, -0.2) is 0 Å². The smallest absolute Gasteiger partial charge is 0.320 e. The summed E-state index contributed by atoms with van der Waals surface area (Å²) < 4.78 is 22.6. The van der Waals surface area contributed by atoms with Crippen molar-refractivity contribution in [3.63, 3.8) is 0 Å². The molecule has 0 amide bonds. The fourth-order valence-corrected chi connectivity index (χ4v) is 5.40. The van der Waals surface area contributed by atoms with Crippen molar-refractivity contribution in [2.45, 2.75) is 137 Å². The van der Waals surface area contributed by atoms with E-state index in [1.165, 1.54) is 0 Å². The second-order valence-corrected chi connectivity index (χ2v) is 16.4. The summed E-state index contributed by atoms with van der Waals surface area (Å²) in [6.07, 6.45) is 1.08. The third-order valence-electron chi connectivity index (χ3n) is 6.75. The molecule has 0 aromatic carbocycles. The van der Waals surface area contributed by atoms with Crippen molar-refractivity contribution in [2.24, 2.45) is 0 Å². The maximum atomic E-state index is 13.4. The molecule has 13 heteroatoms. The van der Waals surface area contributed by atoms with Gasteiger partial charge in [0.25, 0.3) is 0 Å². The van der Waals surface area contributed by atoms with Crippen molar-refractivity contribution in [1.82, 2.24) is 14.7 Å². The molecule has 1 aliphatic rings. The number of unbranched alkanes of at least 4 members (excludes halogenated alkanes) is 1. The molecule has 0 atom stereocenters. The van der Waals surface area contributed by atoms with Crippen LogP contribution in [0.4, 0.5) is 0 Å². The van der Waals surface area contributed by atoms with Gasteiger partial charge in [-0.2, -0.15) is 0 Å². The van der Waals surface area contributed by atoms with Crippen LogP contribution in [0.5, 0.6) is 0 Å². The predicted octanol–water partition coefficient (Wildman–Crippen LogP) is 3.66. The van der Waals surface area contributed by atoms with Gasteiger partial charge in [-0.1, -0.05) is 6.42 Å². The van der Waals surface area contributed by atoms with Crippen LogP contribution in [0.2, 0.25) is 0 Å². The monoisotopic (exact) mass is 671 g/mol. The second-order valence-electron chi connectivity index (χ2n) is 16.4. The van der Waals surface area contributed by atoms with Crippen LogP contribution in [-0.4, -0.2) is 130 Å². The zero-order valence-electron chi connectivity index (χ0n) is 30.9. The third kappa shape index (κ3) is 19.0. The highest BCUT2D eigenvalue weighted by atomic mass is 16.6. The highest BCUT2D eigenvalue weighted by Crippen LogP contribution is 2.30. The lowest BCUT2D eigenvalue weighted by atomic mass is 9.88. The summed E-state index contributed by atoms with van der Waals surface area (Å²) in [5.74, 6) is -2.94. The number of carbonyl (C=O) groups excluding carboxylic acids is 4. The maximum absolute atomic E-state index is 13.4. The number of carboxylic acids is 1. The van der Waals surface area contributed by atoms with Gasteiger partial charge in [0.2, 0.25) is 0 Å². The molecule has 0 aromatic rings. The molecule has 0 aromatic heterocycles. The number of rotatable bonds is 14. The number of nitrogens with zero attached hydrogens (tertiary/aromatic N) is 3. The highest BCUT2D eigenvalue weighted by Gasteiger charge is 2.45. The normalized spacial score (nSPS) is 16.7. The molecule has 47 heavy (non-hydrogen) atoms. The molecular formula is C34H61N3O10. The minimum Gasteiger partial charge on any atom is -0.481 e. The van der Waals surface area contributed by atoms with Gasteiger partial charge in [0.05, 0.1) is 26.2 Å². The molecule has 0 saturated carbocycles. The van der Waals surface area contributed by atoms with Crippen LogP contribution in [0.15, 0.2) is 0 Å². The number of carboxylic acid groups (broad SMARTS) is 1. The summed E-state index contributed by atoms with van der Waals surface area (Å²) >= 11 is 0. The van der Waals surface area contributed by atoms with E-state index in [-0.39, 0.29) is 45.7 Å². The number of hydrogen-bond acceptors (Lipinski definition) is 12. The van der Waals surface area contributed by atoms with Crippen LogP contribution in [0.1, 0.15) is 109 Å². The van der Waals surface area contributed by atoms with E-state index in [1.807, 2.05) is 9.80 Å². The van der Waals surface area contributed by atoms with Crippen LogP contribution >= 0.6 is 0 Å². The fourth-order valence-electron chi connectivity index (χ4n) is 5.40. The Bertz CT molecular complexity index is 1010. The molecule has 0 radical (unpaired) electrons. The van der Waals surface area contributed by atoms with Gasteiger partial charge >= 0.3 is 29.8 Å². The summed E-state index contributed by atoms with van der Waals surface area (Å²) in [4.78, 5) is 69.8. The van der Waals surface area contributed by atoms with Crippen molar-refractivity contribution in [3.05, 3.63) is 0 Å². The minimum atomic E-state index is -1.02. The molecule has 1 N–H and O–H groups in total. The van der Waals surface area contributed by atoms with E-state index in [4.69, 9.17) is 18.9 Å². The number of aliphatic carboxylic acids is 1. The van der Waals surface area contributed by atoms with Crippen molar-refractivity contribution in [1.29, 1.82) is 0 Å². The molecule has 1 aliphatic heterocycles. The first kappa shape index (κ1) is 42.3. The average Bonchev–Trinajstić information content (AvgIpc) is 2.96. The van der Waals surface area contributed by atoms with Crippen molar-refractivity contribution in [2.75, 3.05) is 52.4 Å². The predicted molar refractivity (Wildman–Crippen MR) is 177 cm³/mol. The van der Waals surface area contributed by atoms with E-state index >= 15 is 0 Å². The summed E-state index contributed by atoms with van der Waals surface area (Å²) in [6.45, 7) is 21.7. The van der Waals surface area contributed by atoms with Gasteiger partial charge in [-0.15, -0.1) is 0 Å². The van der Waals surface area contributed by atoms with Crippen LogP contribution in [-0.2, 0) is 42.9 Å². The Labute approximate surface area is 281 Å². The quantitative estimate of drug-likeness (QED) is 0.163. The minimum absolute atomic E-state index is 0.0581. The number of carbonyl (C=O) groups is 5. The SMILES string of the molecule is CC(C)(C)OC(=O)CN1CCN(CC(=O)OC(C)(C)C)CC(CCCCC(=O)O)(N(CC(=O)OC(C)(C)C)CC(=O)OC(C)(C)C)C1. The topological polar surface area (TPSA) is 152 Å². The molecule has 1 fully saturated rings. The van der Waals surface area contributed by atoms with E-state index in [0.717, 1.165) is 0 Å². The molecule has 272 valence electrons. The number of ether oxygens (including phenoxy) is 4. The number of esters is 4. The van der Waals surface area contributed by atoms with E-state index in [2.05, 4.69) is 0 Å². The zero-order valence-corrected chi connectivity index (χ0v) is 30.9. The van der Waals surface area contributed by atoms with Crippen molar-refractivity contribution >= 4 is 29.8 Å². The first-order valence-electron chi connectivity index (χ1n) is 16.5. The molecule has 1 rings (SSSR count). The average molecular weight is 672 g/mol. The molecule has 1 heterocycles. The first-order chi connectivity index (χ1) is 21.2. The Morgan fingerprint density at radius 1 is 0.596 bits per heavy atom. The van der Waals surface area contributed by atoms with E-state index in [9.17, 15) is 29.1 Å². The summed E-state index contributed by atoms with van der Waals surface area (Å²) in [6, 6.07) is 0. The Balaban J connectivity index is 3.74. The highest BCUT2D eigenvalue weighted by molar-refractivity contribution is 5.76. The first-order valence-corrected chi connectivity index (χ1v) is 16.5. The standard InChI is InChI=1S/C34H61N3O10/c1-30(2,3)44-26(40)19-35-17-18-36(20-27(41)45-31(4,5)6)24-34(23-35,16-14-13-15-25(38)39)37(21-28(42)46-32(7,8)9)22-29(43)47-33(10,11)12/h13-24H2,1-12H3,(H,38,39). The molecule has 13 nitrogen and oxygen atoms in total. The van der Waals surface area contributed by atoms with Crippen LogP contribution in [0.3, 0.4) is 0 Å². The lowest BCUT2D eigenvalue weighted by Crippen LogP contribution is -2.62. The van der Waals surface area contributed by atoms with Crippen LogP contribution in [0, 0.1) is 0 Å². The largest absolute Gasteiger partial charge is 0.481 e. The summed E-state index contributed by atoms with van der Waals surface area (Å²) in [7, 11) is 0. The van der Waals surface area contributed by atoms with Gasteiger partial charge < -0.3 is 24.1 Å². The van der Waals surface area contributed by atoms with Crippen molar-refractivity contribution < 1.29 is 48.0 Å². The zero-order chi connectivity index (χ0) is 36.4. The van der Waals surface area contributed by atoms with Crippen LogP contribution in [0.25, 0.3) is 0 Å². The maximum Gasteiger partial charge on any atom is 0.320 e. The molecule has 0 unspecified atom stereocenters. The van der Waals surface area contributed by atoms with Crippen molar-refractivity contribution in [3.8, 4) is 0 Å². The van der Waals surface area contributed by atoms with Gasteiger partial charge in [0, 0.05) is 38.1 Å². The number of hydrogen-bond donors (Lipinski definition) is 1. The summed E-state index contributed by atoms with van der Waals surface area (Å²) in [5, 5.41) is 9.34. The van der Waals surface area contributed by atoms with E-state index in [1.54, 1.807) is 88.0 Å². The lowest BCUT2D eigenvalue weighted by Gasteiger charge is -2.46. The Kier molecular flexibility index (Phi) is 15.3. The Morgan fingerprint density at radius 3 is 1.26 bits per heavy atom. The Hall–Kier alpha value is -2.77. The summed E-state index contributed by atoms with van der Waals surface area (Å²) in [5.41, 5.74) is -4.03. The third-order valence-corrected chi connectivity index (χ3v) is 6.75. The van der Waals surface area contributed by atoms with Gasteiger partial charge in [-0.3, -0.25) is 38.7 Å². The van der Waals surface area contributed by atoms with Crippen LogP contribution < -0.4 is 0 Å².